The van der Waals surface area contributed by atoms with Crippen molar-refractivity contribution in [2.24, 2.45) is 5.92 Å². The first-order valence-corrected chi connectivity index (χ1v) is 11.2. The van der Waals surface area contributed by atoms with E-state index in [1.807, 2.05) is 6.07 Å². The number of ether oxygens (including phenoxy) is 1. The number of carbonyl (C=O) groups is 2. The molecule has 1 aliphatic heterocycles. The van der Waals surface area contributed by atoms with Crippen LogP contribution in [0.2, 0.25) is 5.02 Å². The van der Waals surface area contributed by atoms with Gasteiger partial charge in [-0.3, -0.25) is 14.6 Å². The number of hydrogen-bond donors (Lipinski definition) is 1. The molecule has 2 aromatic rings. The Bertz CT molecular complexity index is 1110. The monoisotopic (exact) mass is 462 g/mol. The van der Waals surface area contributed by atoms with E-state index < -0.39 is 34.4 Å². The number of carbonyl (C=O) groups excluding carboxylic acids is 2. The molecule has 1 aromatic heterocycles. The SMILES string of the molecule is N#Cc1ccc(NC(=O)COC(=O)C2CCN(S(=O)(=O)c3cccnc3)CC2)cc1Cl. The number of anilines is 1. The lowest BCUT2D eigenvalue weighted by Crippen LogP contribution is -2.40. The van der Waals surface area contributed by atoms with Gasteiger partial charge in [-0.25, -0.2) is 8.42 Å². The van der Waals surface area contributed by atoms with E-state index >= 15 is 0 Å². The number of benzene rings is 1. The predicted molar refractivity (Wildman–Crippen MR) is 111 cm³/mol. The number of rotatable bonds is 6. The van der Waals surface area contributed by atoms with E-state index in [4.69, 9.17) is 21.6 Å². The fourth-order valence-electron chi connectivity index (χ4n) is 3.12. The van der Waals surface area contributed by atoms with E-state index in [2.05, 4.69) is 10.3 Å². The number of nitriles is 1. The van der Waals surface area contributed by atoms with Crippen LogP contribution in [0, 0.1) is 17.2 Å². The normalized spacial score (nSPS) is 15.1. The Hall–Kier alpha value is -3.00. The van der Waals surface area contributed by atoms with Crippen molar-refractivity contribution in [2.45, 2.75) is 17.7 Å². The Balaban J connectivity index is 1.47. The molecule has 1 fully saturated rings. The minimum Gasteiger partial charge on any atom is -0.455 e. The second-order valence-corrected chi connectivity index (χ2v) is 9.17. The average Bonchev–Trinajstić information content (AvgIpc) is 2.78. The van der Waals surface area contributed by atoms with Crippen LogP contribution in [-0.4, -0.2) is 49.3 Å². The number of sulfonamides is 1. The third kappa shape index (κ3) is 5.58. The number of hydrogen-bond acceptors (Lipinski definition) is 7. The molecule has 0 unspecified atom stereocenters. The second-order valence-electron chi connectivity index (χ2n) is 6.83. The summed E-state index contributed by atoms with van der Waals surface area (Å²) in [7, 11) is -3.66. The van der Waals surface area contributed by atoms with Gasteiger partial charge in [0.15, 0.2) is 6.61 Å². The number of amides is 1. The summed E-state index contributed by atoms with van der Waals surface area (Å²) in [5, 5.41) is 11.6. The fraction of sp³-hybridized carbons (Fsp3) is 0.300. The van der Waals surface area contributed by atoms with Crippen molar-refractivity contribution in [3.05, 3.63) is 53.3 Å². The Labute approximate surface area is 184 Å². The van der Waals surface area contributed by atoms with Crippen molar-refractivity contribution in [2.75, 3.05) is 25.0 Å². The molecule has 0 saturated carbocycles. The van der Waals surface area contributed by atoms with Gasteiger partial charge in [0.25, 0.3) is 5.91 Å². The largest absolute Gasteiger partial charge is 0.455 e. The van der Waals surface area contributed by atoms with Crippen LogP contribution in [0.3, 0.4) is 0 Å². The molecule has 1 aromatic carbocycles. The molecule has 11 heteroatoms. The fourth-order valence-corrected chi connectivity index (χ4v) is 4.77. The highest BCUT2D eigenvalue weighted by molar-refractivity contribution is 7.89. The summed E-state index contributed by atoms with van der Waals surface area (Å²) < 4.78 is 31.6. The van der Waals surface area contributed by atoms with Gasteiger partial charge in [-0.1, -0.05) is 11.6 Å². The number of piperidine rings is 1. The van der Waals surface area contributed by atoms with E-state index in [0.717, 1.165) is 0 Å². The van der Waals surface area contributed by atoms with Crippen LogP contribution in [0.1, 0.15) is 18.4 Å². The maximum absolute atomic E-state index is 12.6. The van der Waals surface area contributed by atoms with Crippen LogP contribution in [0.15, 0.2) is 47.6 Å². The van der Waals surface area contributed by atoms with Crippen LogP contribution in [-0.2, 0) is 24.3 Å². The van der Waals surface area contributed by atoms with Crippen molar-refractivity contribution in [3.63, 3.8) is 0 Å². The summed E-state index contributed by atoms with van der Waals surface area (Å²) >= 11 is 5.92. The van der Waals surface area contributed by atoms with Crippen LogP contribution in [0.4, 0.5) is 5.69 Å². The molecule has 31 heavy (non-hydrogen) atoms. The first kappa shape index (κ1) is 22.7. The van der Waals surface area contributed by atoms with Gasteiger partial charge >= 0.3 is 5.97 Å². The summed E-state index contributed by atoms with van der Waals surface area (Å²) in [6.45, 7) is -0.134. The third-order valence-corrected chi connectivity index (χ3v) is 6.97. The molecule has 0 radical (unpaired) electrons. The smallest absolute Gasteiger partial charge is 0.309 e. The number of nitrogens with one attached hydrogen (secondary N) is 1. The van der Waals surface area contributed by atoms with Crippen molar-refractivity contribution in [1.82, 2.24) is 9.29 Å². The lowest BCUT2D eigenvalue weighted by molar-refractivity contribution is -0.152. The van der Waals surface area contributed by atoms with Gasteiger partial charge in [0.1, 0.15) is 11.0 Å². The lowest BCUT2D eigenvalue weighted by atomic mass is 9.98. The molecule has 3 rings (SSSR count). The Kier molecular flexibility index (Phi) is 7.22. The molecule has 1 N–H and O–H groups in total. The highest BCUT2D eigenvalue weighted by Gasteiger charge is 2.33. The Morgan fingerprint density at radius 3 is 2.65 bits per heavy atom. The van der Waals surface area contributed by atoms with Gasteiger partial charge < -0.3 is 10.1 Å². The molecule has 9 nitrogen and oxygen atoms in total. The Morgan fingerprint density at radius 1 is 1.29 bits per heavy atom. The summed E-state index contributed by atoms with van der Waals surface area (Å²) in [5.41, 5.74) is 0.655. The third-order valence-electron chi connectivity index (χ3n) is 4.78. The van der Waals surface area contributed by atoms with Crippen molar-refractivity contribution >= 4 is 39.2 Å². The zero-order valence-electron chi connectivity index (χ0n) is 16.3. The molecule has 1 aliphatic rings. The first-order valence-electron chi connectivity index (χ1n) is 9.37. The molecule has 0 bridgehead atoms. The molecule has 162 valence electrons. The van der Waals surface area contributed by atoms with Gasteiger partial charge in [-0.05, 0) is 43.2 Å². The van der Waals surface area contributed by atoms with Crippen molar-refractivity contribution in [1.29, 1.82) is 5.26 Å². The minimum absolute atomic E-state index is 0.107. The number of esters is 1. The van der Waals surface area contributed by atoms with Crippen LogP contribution < -0.4 is 5.32 Å². The zero-order chi connectivity index (χ0) is 22.4. The molecule has 0 aliphatic carbocycles. The number of halogens is 1. The maximum Gasteiger partial charge on any atom is 0.309 e. The quantitative estimate of drug-likeness (QED) is 0.651. The highest BCUT2D eigenvalue weighted by Crippen LogP contribution is 2.24. The van der Waals surface area contributed by atoms with Crippen LogP contribution in [0.5, 0.6) is 0 Å². The van der Waals surface area contributed by atoms with E-state index in [1.54, 1.807) is 6.07 Å². The Morgan fingerprint density at radius 2 is 2.03 bits per heavy atom. The molecule has 1 amide bonds. The number of aromatic nitrogens is 1. The van der Waals surface area contributed by atoms with E-state index in [1.165, 1.54) is 41.0 Å². The molecular weight excluding hydrogens is 444 g/mol. The number of pyridine rings is 1. The molecule has 0 atom stereocenters. The minimum atomic E-state index is -3.66. The van der Waals surface area contributed by atoms with Gasteiger partial charge in [0.2, 0.25) is 10.0 Å². The van der Waals surface area contributed by atoms with Gasteiger partial charge in [-0.2, -0.15) is 9.57 Å². The predicted octanol–water partition coefficient (Wildman–Crippen LogP) is 2.19. The maximum atomic E-state index is 12.6. The summed E-state index contributed by atoms with van der Waals surface area (Å²) in [6.07, 6.45) is 3.37. The standard InChI is InChI=1S/C20H19ClN4O5S/c21-18-10-16(4-3-15(18)11-22)24-19(26)13-30-20(27)14-5-8-25(9-6-14)31(28,29)17-2-1-7-23-12-17/h1-4,7,10,12,14H,5-6,8-9,13H2,(H,24,26). The van der Waals surface area contributed by atoms with E-state index in [9.17, 15) is 18.0 Å². The average molecular weight is 463 g/mol. The van der Waals surface area contributed by atoms with Gasteiger partial charge in [0, 0.05) is 31.2 Å². The topological polar surface area (TPSA) is 129 Å². The molecule has 2 heterocycles. The van der Waals surface area contributed by atoms with Crippen molar-refractivity contribution < 1.29 is 22.7 Å². The second kappa shape index (κ2) is 9.87. The van der Waals surface area contributed by atoms with Gasteiger partial charge in [-0.15, -0.1) is 0 Å². The zero-order valence-corrected chi connectivity index (χ0v) is 17.9. The van der Waals surface area contributed by atoms with E-state index in [0.29, 0.717) is 18.5 Å². The molecule has 1 saturated heterocycles. The summed E-state index contributed by atoms with van der Waals surface area (Å²) in [4.78, 5) is 28.2. The summed E-state index contributed by atoms with van der Waals surface area (Å²) in [5.74, 6) is -1.59. The first-order chi connectivity index (χ1) is 14.8. The van der Waals surface area contributed by atoms with Gasteiger partial charge in [0.05, 0.1) is 16.5 Å². The lowest BCUT2D eigenvalue weighted by Gasteiger charge is -2.29. The summed E-state index contributed by atoms with van der Waals surface area (Å²) in [6, 6.07) is 9.35. The molecule has 0 spiro atoms. The van der Waals surface area contributed by atoms with Crippen LogP contribution >= 0.6 is 11.6 Å². The highest BCUT2D eigenvalue weighted by atomic mass is 35.5. The van der Waals surface area contributed by atoms with Crippen molar-refractivity contribution in [3.8, 4) is 6.07 Å². The molecular formula is C20H19ClN4O5S. The van der Waals surface area contributed by atoms with E-state index in [-0.39, 0.29) is 28.6 Å². The van der Waals surface area contributed by atoms with Crippen LogP contribution in [0.25, 0.3) is 0 Å². The number of nitrogens with zero attached hydrogens (tertiary/aromatic N) is 3.